The maximum atomic E-state index is 13.8. The lowest BCUT2D eigenvalue weighted by molar-refractivity contribution is -0.0532. The third-order valence-corrected chi connectivity index (χ3v) is 8.99. The molecule has 0 bridgehead atoms. The summed E-state index contributed by atoms with van der Waals surface area (Å²) in [5, 5.41) is 0. The minimum Gasteiger partial charge on any atom is -0.454 e. The van der Waals surface area contributed by atoms with Crippen molar-refractivity contribution in [2.24, 2.45) is 0 Å². The normalized spacial score (nSPS) is 19.2. The van der Waals surface area contributed by atoms with Crippen LogP contribution in [0.15, 0.2) is 97.1 Å². The summed E-state index contributed by atoms with van der Waals surface area (Å²) in [6.45, 7) is 8.48. The highest BCUT2D eigenvalue weighted by molar-refractivity contribution is 5.90. The standard InChI is InChI=1S/C40H44O4/c1-5-7-14-29-19-23-31(24-20-29)39(41)43-37-28(4)34-17-11-12-18-35(34)36(33-16-10-9-13-27(33)3)38(37)44-40(42)32-25-21-30(22-26-32)15-8-6-2/h9-13,16-26,28,36-38H,5-8,14-15H2,1-4H3/t28-,36-,37?,38?/m0/s1. The zero-order valence-corrected chi connectivity index (χ0v) is 26.4. The predicted octanol–water partition coefficient (Wildman–Crippen LogP) is 9.38. The SMILES string of the molecule is CCCCc1ccc(C(=O)OC2C(OC(=O)c3ccc(CCCC)cc3)[C@@H](C)c3ccccc3[C@@H]2c2ccccc2C)cc1. The van der Waals surface area contributed by atoms with E-state index in [1.165, 1.54) is 11.1 Å². The van der Waals surface area contributed by atoms with Crippen molar-refractivity contribution in [1.29, 1.82) is 0 Å². The summed E-state index contributed by atoms with van der Waals surface area (Å²) < 4.78 is 12.8. The molecule has 0 saturated heterocycles. The Balaban J connectivity index is 1.51. The third-order valence-electron chi connectivity index (χ3n) is 8.99. The van der Waals surface area contributed by atoms with Crippen LogP contribution in [0, 0.1) is 6.92 Å². The van der Waals surface area contributed by atoms with Gasteiger partial charge in [-0.25, -0.2) is 9.59 Å². The molecule has 1 aliphatic carbocycles. The molecule has 228 valence electrons. The quantitative estimate of drug-likeness (QED) is 0.164. The fourth-order valence-electron chi connectivity index (χ4n) is 6.38. The second kappa shape index (κ2) is 14.5. The Kier molecular flexibility index (Phi) is 10.3. The lowest BCUT2D eigenvalue weighted by atomic mass is 9.70. The molecule has 0 aliphatic heterocycles. The molecule has 4 aromatic carbocycles. The maximum Gasteiger partial charge on any atom is 0.338 e. The summed E-state index contributed by atoms with van der Waals surface area (Å²) in [5.41, 5.74) is 7.74. The van der Waals surface area contributed by atoms with E-state index in [4.69, 9.17) is 9.47 Å². The van der Waals surface area contributed by atoms with Gasteiger partial charge in [-0.1, -0.05) is 106 Å². The molecule has 0 amide bonds. The molecule has 4 atom stereocenters. The van der Waals surface area contributed by atoms with E-state index >= 15 is 0 Å². The van der Waals surface area contributed by atoms with E-state index in [9.17, 15) is 9.59 Å². The number of hydrogen-bond acceptors (Lipinski definition) is 4. The number of fused-ring (bicyclic) bond motifs is 1. The predicted molar refractivity (Wildman–Crippen MR) is 176 cm³/mol. The van der Waals surface area contributed by atoms with Crippen molar-refractivity contribution in [3.05, 3.63) is 142 Å². The average molecular weight is 589 g/mol. The van der Waals surface area contributed by atoms with Gasteiger partial charge < -0.3 is 9.47 Å². The number of esters is 2. The van der Waals surface area contributed by atoms with Crippen LogP contribution in [-0.2, 0) is 22.3 Å². The van der Waals surface area contributed by atoms with Crippen LogP contribution in [0.2, 0.25) is 0 Å². The van der Waals surface area contributed by atoms with Crippen molar-refractivity contribution >= 4 is 11.9 Å². The fraction of sp³-hybridized carbons (Fsp3) is 0.350. The number of hydrogen-bond donors (Lipinski definition) is 0. The summed E-state index contributed by atoms with van der Waals surface area (Å²) in [6, 6.07) is 31.8. The van der Waals surface area contributed by atoms with Crippen LogP contribution in [0.3, 0.4) is 0 Å². The van der Waals surface area contributed by atoms with Crippen LogP contribution < -0.4 is 0 Å². The van der Waals surface area contributed by atoms with Gasteiger partial charge in [0.1, 0.15) is 6.10 Å². The van der Waals surface area contributed by atoms with Gasteiger partial charge in [-0.3, -0.25) is 0 Å². The molecular weight excluding hydrogens is 544 g/mol. The molecule has 5 rings (SSSR count). The van der Waals surface area contributed by atoms with E-state index in [-0.39, 0.29) is 11.8 Å². The topological polar surface area (TPSA) is 52.6 Å². The number of aryl methyl sites for hydroxylation is 3. The maximum absolute atomic E-state index is 13.8. The summed E-state index contributed by atoms with van der Waals surface area (Å²) >= 11 is 0. The second-order valence-corrected chi connectivity index (χ2v) is 12.1. The van der Waals surface area contributed by atoms with Crippen molar-refractivity contribution in [1.82, 2.24) is 0 Å². The Morgan fingerprint density at radius 3 is 1.55 bits per heavy atom. The van der Waals surface area contributed by atoms with Crippen molar-refractivity contribution in [2.75, 3.05) is 0 Å². The van der Waals surface area contributed by atoms with Crippen LogP contribution in [0.5, 0.6) is 0 Å². The molecule has 0 spiro atoms. The van der Waals surface area contributed by atoms with E-state index in [1.807, 2.05) is 72.8 Å². The number of carbonyl (C=O) groups excluding carboxylic acids is 2. The lowest BCUT2D eigenvalue weighted by Gasteiger charge is -2.42. The lowest BCUT2D eigenvalue weighted by Crippen LogP contribution is -2.46. The Morgan fingerprint density at radius 1 is 0.591 bits per heavy atom. The molecule has 2 unspecified atom stereocenters. The first-order chi connectivity index (χ1) is 21.4. The summed E-state index contributed by atoms with van der Waals surface area (Å²) in [4.78, 5) is 27.4. The van der Waals surface area contributed by atoms with E-state index in [2.05, 4.69) is 52.0 Å². The molecule has 0 heterocycles. The highest BCUT2D eigenvalue weighted by Crippen LogP contribution is 2.46. The van der Waals surface area contributed by atoms with Crippen LogP contribution in [0.4, 0.5) is 0 Å². The first kappa shape index (κ1) is 31.3. The molecule has 0 radical (unpaired) electrons. The largest absolute Gasteiger partial charge is 0.454 e. The van der Waals surface area contributed by atoms with Gasteiger partial charge in [0.2, 0.25) is 0 Å². The van der Waals surface area contributed by atoms with Gasteiger partial charge in [-0.15, -0.1) is 0 Å². The monoisotopic (exact) mass is 588 g/mol. The van der Waals surface area contributed by atoms with E-state index in [0.29, 0.717) is 11.1 Å². The van der Waals surface area contributed by atoms with Gasteiger partial charge in [0, 0.05) is 5.92 Å². The van der Waals surface area contributed by atoms with Crippen molar-refractivity contribution < 1.29 is 19.1 Å². The molecule has 4 nitrogen and oxygen atoms in total. The smallest absolute Gasteiger partial charge is 0.338 e. The van der Waals surface area contributed by atoms with Gasteiger partial charge in [0.15, 0.2) is 6.10 Å². The number of carbonyl (C=O) groups is 2. The van der Waals surface area contributed by atoms with Crippen molar-refractivity contribution in [2.45, 2.75) is 90.3 Å². The Morgan fingerprint density at radius 2 is 1.05 bits per heavy atom. The molecular formula is C40H44O4. The summed E-state index contributed by atoms with van der Waals surface area (Å²) in [6.07, 6.45) is 5.02. The van der Waals surface area contributed by atoms with Gasteiger partial charge in [-0.05, 0) is 90.3 Å². The highest BCUT2D eigenvalue weighted by atomic mass is 16.6. The number of ether oxygens (including phenoxy) is 2. The molecule has 44 heavy (non-hydrogen) atoms. The number of unbranched alkanes of at least 4 members (excludes halogenated alkanes) is 2. The summed E-state index contributed by atoms with van der Waals surface area (Å²) in [5.74, 6) is -1.31. The van der Waals surface area contributed by atoms with Crippen LogP contribution in [0.1, 0.15) is 112 Å². The molecule has 0 fully saturated rings. The zero-order chi connectivity index (χ0) is 31.1. The molecule has 0 saturated carbocycles. The van der Waals surface area contributed by atoms with Crippen molar-refractivity contribution in [3.8, 4) is 0 Å². The van der Waals surface area contributed by atoms with E-state index < -0.39 is 24.1 Å². The van der Waals surface area contributed by atoms with E-state index in [0.717, 1.165) is 60.8 Å². The molecule has 0 aromatic heterocycles. The van der Waals surface area contributed by atoms with Crippen LogP contribution in [0.25, 0.3) is 0 Å². The third kappa shape index (κ3) is 6.96. The summed E-state index contributed by atoms with van der Waals surface area (Å²) in [7, 11) is 0. The Hall–Kier alpha value is -4.18. The van der Waals surface area contributed by atoms with Gasteiger partial charge in [0.05, 0.1) is 17.0 Å². The first-order valence-corrected chi connectivity index (χ1v) is 16.2. The zero-order valence-electron chi connectivity index (χ0n) is 26.4. The minimum atomic E-state index is -0.721. The van der Waals surface area contributed by atoms with Crippen molar-refractivity contribution in [3.63, 3.8) is 0 Å². The van der Waals surface area contributed by atoms with Crippen LogP contribution >= 0.6 is 0 Å². The minimum absolute atomic E-state index is 0.187. The van der Waals surface area contributed by atoms with Gasteiger partial charge >= 0.3 is 11.9 Å². The highest BCUT2D eigenvalue weighted by Gasteiger charge is 2.46. The van der Waals surface area contributed by atoms with Crippen LogP contribution in [-0.4, -0.2) is 24.1 Å². The average Bonchev–Trinajstić information content (AvgIpc) is 3.05. The molecule has 1 aliphatic rings. The molecule has 4 heteroatoms. The molecule has 4 aromatic rings. The number of rotatable bonds is 11. The van der Waals surface area contributed by atoms with Gasteiger partial charge in [0.25, 0.3) is 0 Å². The first-order valence-electron chi connectivity index (χ1n) is 16.2. The molecule has 0 N–H and O–H groups in total. The van der Waals surface area contributed by atoms with E-state index in [1.54, 1.807) is 0 Å². The Bertz CT molecular complexity index is 1550. The van der Waals surface area contributed by atoms with Gasteiger partial charge in [-0.2, -0.15) is 0 Å². The second-order valence-electron chi connectivity index (χ2n) is 12.1. The number of benzene rings is 4. The Labute approximate surface area is 262 Å². The fourth-order valence-corrected chi connectivity index (χ4v) is 6.38.